The molecule has 2 N–H and O–H groups in total. The van der Waals surface area contributed by atoms with Gasteiger partial charge in [0.1, 0.15) is 10.6 Å². The molecule has 23 heavy (non-hydrogen) atoms. The Morgan fingerprint density at radius 3 is 2.26 bits per heavy atom. The van der Waals surface area contributed by atoms with Gasteiger partial charge in [0.2, 0.25) is 10.0 Å². The van der Waals surface area contributed by atoms with Crippen LogP contribution in [0.3, 0.4) is 0 Å². The van der Waals surface area contributed by atoms with E-state index in [1.54, 1.807) is 0 Å². The Balaban J connectivity index is 1.87. The van der Waals surface area contributed by atoms with Crippen LogP contribution in [0.25, 0.3) is 0 Å². The molecule has 0 aromatic carbocycles. The molecule has 1 aromatic heterocycles. The molecule has 2 fully saturated rings. The molecule has 2 heterocycles. The number of nitrogens with two attached hydrogens (primary N) is 1. The summed E-state index contributed by atoms with van der Waals surface area (Å²) in [5.74, 6) is 0.477. The van der Waals surface area contributed by atoms with Crippen LogP contribution < -0.4 is 5.73 Å². The molecular weight excluding hydrogens is 331 g/mol. The van der Waals surface area contributed by atoms with Gasteiger partial charge in [-0.1, -0.05) is 0 Å². The lowest BCUT2D eigenvalue weighted by atomic mass is 10.0. The summed E-state index contributed by atoms with van der Waals surface area (Å²) in [5.41, 5.74) is 4.67. The van der Waals surface area contributed by atoms with Crippen molar-refractivity contribution < 1.29 is 21.6 Å². The second-order valence-electron chi connectivity index (χ2n) is 6.35. The fraction of sp³-hybridized carbons (Fsp3) is 0.643. The summed E-state index contributed by atoms with van der Waals surface area (Å²) in [6.45, 7) is 2.04. The maximum absolute atomic E-state index is 12.7. The molecule has 3 rings (SSSR count). The Labute approximate surface area is 132 Å². The molecule has 1 unspecified atom stereocenters. The van der Waals surface area contributed by atoms with E-state index in [9.17, 15) is 21.6 Å². The number of alkyl halides is 3. The second-order valence-corrected chi connectivity index (χ2v) is 8.26. The number of aromatic nitrogens is 1. The van der Waals surface area contributed by atoms with Gasteiger partial charge >= 0.3 is 6.18 Å². The van der Waals surface area contributed by atoms with E-state index in [0.717, 1.165) is 18.9 Å². The van der Waals surface area contributed by atoms with Gasteiger partial charge in [0.15, 0.2) is 0 Å². The minimum absolute atomic E-state index is 0.115. The van der Waals surface area contributed by atoms with Gasteiger partial charge < -0.3 is 5.73 Å². The lowest BCUT2D eigenvalue weighted by molar-refractivity contribution is -0.141. The third-order valence-corrected chi connectivity index (χ3v) is 6.66. The molecule has 0 radical (unpaired) electrons. The van der Waals surface area contributed by atoms with Crippen molar-refractivity contribution in [3.05, 3.63) is 23.5 Å². The van der Waals surface area contributed by atoms with Crippen molar-refractivity contribution in [3.63, 3.8) is 0 Å². The van der Waals surface area contributed by atoms with Crippen LogP contribution in [-0.2, 0) is 16.2 Å². The highest BCUT2D eigenvalue weighted by Crippen LogP contribution is 2.39. The van der Waals surface area contributed by atoms with Crippen molar-refractivity contribution in [2.45, 2.75) is 36.9 Å². The molecule has 3 atom stereocenters. The van der Waals surface area contributed by atoms with Crippen LogP contribution in [0.4, 0.5) is 13.2 Å². The maximum Gasteiger partial charge on any atom is 0.433 e. The predicted molar refractivity (Wildman–Crippen MR) is 76.9 cm³/mol. The number of hydrogen-bond donors (Lipinski definition) is 1. The van der Waals surface area contributed by atoms with Crippen LogP contribution in [0.5, 0.6) is 0 Å². The number of pyridine rings is 1. The van der Waals surface area contributed by atoms with Crippen LogP contribution >= 0.6 is 0 Å². The number of sulfonamides is 1. The van der Waals surface area contributed by atoms with Crippen LogP contribution in [0.1, 0.15) is 24.2 Å². The number of halogens is 3. The smallest absolute Gasteiger partial charge is 0.328 e. The summed E-state index contributed by atoms with van der Waals surface area (Å²) in [6.07, 6.45) is -3.00. The summed E-state index contributed by atoms with van der Waals surface area (Å²) in [7, 11) is -3.83. The van der Waals surface area contributed by atoms with Crippen molar-refractivity contribution in [2.75, 3.05) is 13.1 Å². The molecule has 5 nitrogen and oxygen atoms in total. The first-order chi connectivity index (χ1) is 10.6. The zero-order chi connectivity index (χ0) is 17.0. The number of nitrogens with zero attached hydrogens (tertiary/aromatic N) is 2. The lowest BCUT2D eigenvalue weighted by Gasteiger charge is -2.19. The standard InChI is InChI=1S/C14H18F3N3O2S/c1-8-12(2-3-13(19-8)14(15,16)17)23(21,22)20-6-9-4-11(18)5-10(9)7-20/h2-3,9-11H,4-7,18H2,1H3/t9-,10+,11?. The summed E-state index contributed by atoms with van der Waals surface area (Å²) in [5, 5.41) is 0. The van der Waals surface area contributed by atoms with E-state index in [1.807, 2.05) is 0 Å². The van der Waals surface area contributed by atoms with E-state index in [4.69, 9.17) is 5.73 Å². The molecule has 0 spiro atoms. The van der Waals surface area contributed by atoms with Crippen molar-refractivity contribution in [1.29, 1.82) is 0 Å². The number of rotatable bonds is 2. The first-order valence-electron chi connectivity index (χ1n) is 7.39. The van der Waals surface area contributed by atoms with Crippen molar-refractivity contribution in [2.24, 2.45) is 17.6 Å². The molecule has 1 aromatic rings. The molecule has 0 bridgehead atoms. The van der Waals surface area contributed by atoms with Gasteiger partial charge in [-0.3, -0.25) is 0 Å². The molecular formula is C14H18F3N3O2S. The van der Waals surface area contributed by atoms with Gasteiger partial charge in [-0.05, 0) is 43.7 Å². The topological polar surface area (TPSA) is 76.3 Å². The second kappa shape index (κ2) is 5.42. The van der Waals surface area contributed by atoms with Crippen LogP contribution in [0.2, 0.25) is 0 Å². The summed E-state index contributed by atoms with van der Waals surface area (Å²) >= 11 is 0. The molecule has 1 aliphatic carbocycles. The van der Waals surface area contributed by atoms with Crippen molar-refractivity contribution in [3.8, 4) is 0 Å². The highest BCUT2D eigenvalue weighted by Gasteiger charge is 2.44. The fourth-order valence-electron chi connectivity index (χ4n) is 3.62. The van der Waals surface area contributed by atoms with Gasteiger partial charge in [-0.25, -0.2) is 13.4 Å². The average molecular weight is 349 g/mol. The Kier molecular flexibility index (Phi) is 3.93. The molecule has 1 saturated heterocycles. The predicted octanol–water partition coefficient (Wildman–Crippen LogP) is 1.77. The van der Waals surface area contributed by atoms with Gasteiger partial charge in [-0.2, -0.15) is 17.5 Å². The van der Waals surface area contributed by atoms with Crippen LogP contribution in [0.15, 0.2) is 17.0 Å². The molecule has 9 heteroatoms. The van der Waals surface area contributed by atoms with Gasteiger partial charge in [-0.15, -0.1) is 0 Å². The van der Waals surface area contributed by atoms with E-state index in [-0.39, 0.29) is 28.5 Å². The molecule has 128 valence electrons. The zero-order valence-electron chi connectivity index (χ0n) is 12.5. The van der Waals surface area contributed by atoms with E-state index >= 15 is 0 Å². The third kappa shape index (κ3) is 2.97. The van der Waals surface area contributed by atoms with E-state index in [2.05, 4.69) is 4.98 Å². The summed E-state index contributed by atoms with van der Waals surface area (Å²) in [6, 6.07) is 1.83. The fourth-order valence-corrected chi connectivity index (χ4v) is 5.33. The Morgan fingerprint density at radius 2 is 1.78 bits per heavy atom. The number of aryl methyl sites for hydroxylation is 1. The normalized spacial score (nSPS) is 29.0. The van der Waals surface area contributed by atoms with Crippen LogP contribution in [-0.4, -0.2) is 36.8 Å². The SMILES string of the molecule is Cc1nc(C(F)(F)F)ccc1S(=O)(=O)N1C[C@H]2CC(N)C[C@H]2C1. The molecule has 2 aliphatic rings. The summed E-state index contributed by atoms with van der Waals surface area (Å²) in [4.78, 5) is 3.26. The van der Waals surface area contributed by atoms with Gasteiger partial charge in [0.25, 0.3) is 0 Å². The maximum atomic E-state index is 12.7. The van der Waals surface area contributed by atoms with E-state index in [0.29, 0.717) is 19.2 Å². The third-order valence-electron chi connectivity index (χ3n) is 4.70. The average Bonchev–Trinajstić information content (AvgIpc) is 2.94. The highest BCUT2D eigenvalue weighted by atomic mass is 32.2. The first kappa shape index (κ1) is 16.7. The quantitative estimate of drug-likeness (QED) is 0.883. The zero-order valence-corrected chi connectivity index (χ0v) is 13.4. The minimum atomic E-state index is -4.59. The van der Waals surface area contributed by atoms with Crippen LogP contribution in [0, 0.1) is 18.8 Å². The minimum Gasteiger partial charge on any atom is -0.328 e. The first-order valence-corrected chi connectivity index (χ1v) is 8.83. The Hall–Kier alpha value is -1.19. The Bertz CT molecular complexity index is 706. The summed E-state index contributed by atoms with van der Waals surface area (Å²) < 4.78 is 64.7. The largest absolute Gasteiger partial charge is 0.433 e. The molecule has 0 amide bonds. The van der Waals surface area contributed by atoms with Crippen molar-refractivity contribution in [1.82, 2.24) is 9.29 Å². The van der Waals surface area contributed by atoms with Crippen molar-refractivity contribution >= 4 is 10.0 Å². The number of fused-ring (bicyclic) bond motifs is 1. The van der Waals surface area contributed by atoms with Gasteiger partial charge in [0, 0.05) is 19.1 Å². The Morgan fingerprint density at radius 1 is 1.22 bits per heavy atom. The molecule has 1 saturated carbocycles. The van der Waals surface area contributed by atoms with E-state index < -0.39 is 21.9 Å². The number of hydrogen-bond acceptors (Lipinski definition) is 4. The molecule has 1 aliphatic heterocycles. The highest BCUT2D eigenvalue weighted by molar-refractivity contribution is 7.89. The van der Waals surface area contributed by atoms with E-state index in [1.165, 1.54) is 11.2 Å². The lowest BCUT2D eigenvalue weighted by Crippen LogP contribution is -2.32. The van der Waals surface area contributed by atoms with Gasteiger partial charge in [0.05, 0.1) is 5.69 Å². The monoisotopic (exact) mass is 349 g/mol.